The second-order valence-electron chi connectivity index (χ2n) is 4.53. The molecule has 0 aromatic heterocycles. The van der Waals surface area contributed by atoms with Gasteiger partial charge in [-0.3, -0.25) is 0 Å². The molecule has 0 radical (unpaired) electrons. The van der Waals surface area contributed by atoms with Crippen molar-refractivity contribution in [2.24, 2.45) is 11.3 Å². The average Bonchev–Trinajstić information content (AvgIpc) is 2.41. The first-order valence-electron chi connectivity index (χ1n) is 5.25. The Hall–Kier alpha value is -0.630. The molecule has 0 saturated carbocycles. The summed E-state index contributed by atoms with van der Waals surface area (Å²) < 4.78 is 5.08. The lowest BCUT2D eigenvalue weighted by molar-refractivity contribution is -0.109. The van der Waals surface area contributed by atoms with Crippen LogP contribution in [0.2, 0.25) is 0 Å². The summed E-state index contributed by atoms with van der Waals surface area (Å²) in [4.78, 5) is 10.5. The molecule has 80 valence electrons. The average molecular weight is 196 g/mol. The van der Waals surface area contributed by atoms with Gasteiger partial charge in [0.25, 0.3) is 0 Å². The predicted octanol–water partition coefficient (Wildman–Crippen LogP) is 2.58. The molecule has 0 aromatic carbocycles. The topological polar surface area (TPSA) is 26.3 Å². The van der Waals surface area contributed by atoms with Crippen LogP contribution in [0.25, 0.3) is 0 Å². The summed E-state index contributed by atoms with van der Waals surface area (Å²) >= 11 is 0. The van der Waals surface area contributed by atoms with Crippen molar-refractivity contribution in [1.82, 2.24) is 0 Å². The van der Waals surface area contributed by atoms with Crippen LogP contribution in [0, 0.1) is 11.3 Å². The first-order valence-corrected chi connectivity index (χ1v) is 5.25. The standard InChI is InChI=1S/C12H20O2/c1-12(2)10(6-8-13)4-5-11(12)7-9-14-3/h5,8,10H,4,6-7,9H2,1-3H3/t10-/m1/s1. The Morgan fingerprint density at radius 3 is 2.93 bits per heavy atom. The van der Waals surface area contributed by atoms with E-state index in [1.807, 2.05) is 0 Å². The van der Waals surface area contributed by atoms with Gasteiger partial charge in [0.2, 0.25) is 0 Å². The minimum absolute atomic E-state index is 0.180. The molecule has 0 saturated heterocycles. The molecule has 2 nitrogen and oxygen atoms in total. The second kappa shape index (κ2) is 4.74. The van der Waals surface area contributed by atoms with E-state index >= 15 is 0 Å². The van der Waals surface area contributed by atoms with Crippen molar-refractivity contribution >= 4 is 6.29 Å². The quantitative estimate of drug-likeness (QED) is 0.499. The van der Waals surface area contributed by atoms with Crippen LogP contribution in [-0.2, 0) is 9.53 Å². The summed E-state index contributed by atoms with van der Waals surface area (Å²) in [6, 6.07) is 0. The van der Waals surface area contributed by atoms with Gasteiger partial charge in [0.1, 0.15) is 6.29 Å². The lowest BCUT2D eigenvalue weighted by Gasteiger charge is -2.29. The Morgan fingerprint density at radius 2 is 2.36 bits per heavy atom. The fourth-order valence-electron chi connectivity index (χ4n) is 2.25. The number of aldehydes is 1. The molecule has 0 aliphatic heterocycles. The molecule has 1 aliphatic carbocycles. The minimum atomic E-state index is 0.180. The summed E-state index contributed by atoms with van der Waals surface area (Å²) in [5, 5.41) is 0. The Labute approximate surface area is 86.3 Å². The highest BCUT2D eigenvalue weighted by atomic mass is 16.5. The van der Waals surface area contributed by atoms with Crippen molar-refractivity contribution in [3.05, 3.63) is 11.6 Å². The molecule has 2 heteroatoms. The number of allylic oxidation sites excluding steroid dienone is 1. The molecule has 0 heterocycles. The molecule has 0 unspecified atom stereocenters. The van der Waals surface area contributed by atoms with Gasteiger partial charge in [0, 0.05) is 20.1 Å². The maximum absolute atomic E-state index is 10.5. The van der Waals surface area contributed by atoms with Crippen molar-refractivity contribution in [2.75, 3.05) is 13.7 Å². The number of methoxy groups -OCH3 is 1. The fraction of sp³-hybridized carbons (Fsp3) is 0.750. The minimum Gasteiger partial charge on any atom is -0.384 e. The van der Waals surface area contributed by atoms with E-state index < -0.39 is 0 Å². The summed E-state index contributed by atoms with van der Waals surface area (Å²) in [5.41, 5.74) is 1.63. The van der Waals surface area contributed by atoms with Gasteiger partial charge in [-0.2, -0.15) is 0 Å². The van der Waals surface area contributed by atoms with Gasteiger partial charge >= 0.3 is 0 Å². The SMILES string of the molecule is COCCC1=CC[C@H](CC=O)C1(C)C. The number of carbonyl (C=O) groups excluding carboxylic acids is 1. The second-order valence-corrected chi connectivity index (χ2v) is 4.53. The number of ether oxygens (including phenoxy) is 1. The zero-order valence-corrected chi connectivity index (χ0v) is 9.38. The normalized spacial score (nSPS) is 24.8. The Balaban J connectivity index is 2.58. The van der Waals surface area contributed by atoms with Crippen LogP contribution in [0.4, 0.5) is 0 Å². The fourth-order valence-corrected chi connectivity index (χ4v) is 2.25. The van der Waals surface area contributed by atoms with Gasteiger partial charge in [-0.15, -0.1) is 0 Å². The molecule has 1 aliphatic rings. The highest BCUT2D eigenvalue weighted by Gasteiger charge is 2.35. The lowest BCUT2D eigenvalue weighted by atomic mass is 9.75. The molecule has 0 spiro atoms. The smallest absolute Gasteiger partial charge is 0.120 e. The molecule has 0 aromatic rings. The van der Waals surface area contributed by atoms with Gasteiger partial charge < -0.3 is 9.53 Å². The van der Waals surface area contributed by atoms with Crippen molar-refractivity contribution in [3.63, 3.8) is 0 Å². The zero-order valence-electron chi connectivity index (χ0n) is 9.38. The molecule has 1 rings (SSSR count). The molecular formula is C12H20O2. The predicted molar refractivity (Wildman–Crippen MR) is 57.1 cm³/mol. The van der Waals surface area contributed by atoms with E-state index in [1.54, 1.807) is 7.11 Å². The highest BCUT2D eigenvalue weighted by molar-refractivity contribution is 5.50. The van der Waals surface area contributed by atoms with E-state index in [0.29, 0.717) is 12.3 Å². The molecule has 0 fully saturated rings. The van der Waals surface area contributed by atoms with E-state index in [0.717, 1.165) is 25.7 Å². The molecule has 0 amide bonds. The van der Waals surface area contributed by atoms with E-state index in [-0.39, 0.29) is 5.41 Å². The van der Waals surface area contributed by atoms with Gasteiger partial charge in [-0.1, -0.05) is 25.5 Å². The maximum Gasteiger partial charge on any atom is 0.120 e. The van der Waals surface area contributed by atoms with Crippen LogP contribution in [0.5, 0.6) is 0 Å². The van der Waals surface area contributed by atoms with Crippen LogP contribution in [-0.4, -0.2) is 20.0 Å². The van der Waals surface area contributed by atoms with Crippen molar-refractivity contribution in [3.8, 4) is 0 Å². The van der Waals surface area contributed by atoms with Gasteiger partial charge in [0.15, 0.2) is 0 Å². The number of carbonyl (C=O) groups is 1. The van der Waals surface area contributed by atoms with Gasteiger partial charge in [-0.25, -0.2) is 0 Å². The summed E-state index contributed by atoms with van der Waals surface area (Å²) in [5.74, 6) is 0.492. The van der Waals surface area contributed by atoms with E-state index in [2.05, 4.69) is 19.9 Å². The third kappa shape index (κ3) is 2.24. The van der Waals surface area contributed by atoms with Gasteiger partial charge in [0.05, 0.1) is 0 Å². The first kappa shape index (κ1) is 11.4. The van der Waals surface area contributed by atoms with E-state index in [9.17, 15) is 4.79 Å². The first-order chi connectivity index (χ1) is 6.62. The number of hydrogen-bond donors (Lipinski definition) is 0. The Bertz CT molecular complexity index is 228. The van der Waals surface area contributed by atoms with Crippen LogP contribution in [0.1, 0.15) is 33.1 Å². The van der Waals surface area contributed by atoms with Crippen LogP contribution in [0.3, 0.4) is 0 Å². The van der Waals surface area contributed by atoms with E-state index in [4.69, 9.17) is 4.74 Å². The molecule has 14 heavy (non-hydrogen) atoms. The van der Waals surface area contributed by atoms with Crippen LogP contribution < -0.4 is 0 Å². The number of rotatable bonds is 5. The summed E-state index contributed by atoms with van der Waals surface area (Å²) in [6.07, 6.45) is 6.05. The molecule has 0 bridgehead atoms. The van der Waals surface area contributed by atoms with Crippen LogP contribution >= 0.6 is 0 Å². The Morgan fingerprint density at radius 1 is 1.64 bits per heavy atom. The lowest BCUT2D eigenvalue weighted by Crippen LogP contribution is -2.22. The molecule has 0 N–H and O–H groups in total. The van der Waals surface area contributed by atoms with E-state index in [1.165, 1.54) is 5.57 Å². The summed E-state index contributed by atoms with van der Waals surface area (Å²) in [7, 11) is 1.73. The third-order valence-corrected chi connectivity index (χ3v) is 3.45. The molecule has 1 atom stereocenters. The van der Waals surface area contributed by atoms with Crippen molar-refractivity contribution < 1.29 is 9.53 Å². The largest absolute Gasteiger partial charge is 0.384 e. The highest BCUT2D eigenvalue weighted by Crippen LogP contribution is 2.45. The molecular weight excluding hydrogens is 176 g/mol. The number of hydrogen-bond acceptors (Lipinski definition) is 2. The summed E-state index contributed by atoms with van der Waals surface area (Å²) in [6.45, 7) is 5.24. The zero-order chi connectivity index (χ0) is 10.6. The monoisotopic (exact) mass is 196 g/mol. The Kier molecular flexibility index (Phi) is 3.87. The van der Waals surface area contributed by atoms with Crippen LogP contribution in [0.15, 0.2) is 11.6 Å². The third-order valence-electron chi connectivity index (χ3n) is 3.45. The van der Waals surface area contributed by atoms with Crippen molar-refractivity contribution in [2.45, 2.75) is 33.1 Å². The maximum atomic E-state index is 10.5. The van der Waals surface area contributed by atoms with Gasteiger partial charge in [-0.05, 0) is 24.2 Å². The van der Waals surface area contributed by atoms with Crippen molar-refractivity contribution in [1.29, 1.82) is 0 Å².